The van der Waals surface area contributed by atoms with E-state index in [2.05, 4.69) is 10.5 Å². The lowest BCUT2D eigenvalue weighted by molar-refractivity contribution is 0.101. The van der Waals surface area contributed by atoms with E-state index in [1.807, 2.05) is 25.1 Å². The van der Waals surface area contributed by atoms with Crippen molar-refractivity contribution in [2.24, 2.45) is 0 Å². The van der Waals surface area contributed by atoms with E-state index >= 15 is 0 Å². The number of benzene rings is 2. The van der Waals surface area contributed by atoms with Crippen LogP contribution in [0.25, 0.3) is 0 Å². The Morgan fingerprint density at radius 3 is 2.73 bits per heavy atom. The number of aromatic nitrogens is 1. The summed E-state index contributed by atoms with van der Waals surface area (Å²) in [5.74, 6) is 0.627. The van der Waals surface area contributed by atoms with Crippen LogP contribution in [-0.2, 0) is 6.61 Å². The molecule has 1 N–H and O–H groups in total. The van der Waals surface area contributed by atoms with Crippen LogP contribution < -0.4 is 10.1 Å². The van der Waals surface area contributed by atoms with Crippen molar-refractivity contribution in [2.45, 2.75) is 20.5 Å². The minimum absolute atomic E-state index is 0.107. The van der Waals surface area contributed by atoms with E-state index in [4.69, 9.17) is 32.5 Å². The van der Waals surface area contributed by atoms with E-state index in [9.17, 15) is 4.79 Å². The zero-order valence-electron chi connectivity index (χ0n) is 14.2. The standard InChI is InChI=1S/C19H16Cl2N2O3/c1-11-7-8-13(20)9-16(11)22-19(24)18-14(12(2)26-23-18)10-25-17-6-4-3-5-15(17)21/h3-9H,10H2,1-2H3,(H,22,24). The maximum absolute atomic E-state index is 12.6. The molecule has 0 aliphatic heterocycles. The van der Waals surface area contributed by atoms with Gasteiger partial charge in [0.25, 0.3) is 5.91 Å². The fourth-order valence-corrected chi connectivity index (χ4v) is 2.72. The van der Waals surface area contributed by atoms with Crippen LogP contribution in [0.2, 0.25) is 10.0 Å². The molecule has 0 atom stereocenters. The Bertz CT molecular complexity index is 954. The molecule has 0 bridgehead atoms. The molecule has 134 valence electrons. The van der Waals surface area contributed by atoms with Gasteiger partial charge in [-0.1, -0.05) is 46.6 Å². The summed E-state index contributed by atoms with van der Waals surface area (Å²) in [4.78, 5) is 12.6. The minimum Gasteiger partial charge on any atom is -0.487 e. The second-order valence-corrected chi connectivity index (χ2v) is 6.54. The first kappa shape index (κ1) is 18.3. The average Bonchev–Trinajstić information content (AvgIpc) is 2.98. The Kier molecular flexibility index (Phi) is 5.49. The molecule has 0 saturated carbocycles. The third kappa shape index (κ3) is 4.00. The second kappa shape index (κ2) is 7.81. The Labute approximate surface area is 160 Å². The van der Waals surface area contributed by atoms with E-state index in [1.54, 1.807) is 31.2 Å². The maximum Gasteiger partial charge on any atom is 0.278 e. The Morgan fingerprint density at radius 2 is 1.96 bits per heavy atom. The number of nitrogens with one attached hydrogen (secondary N) is 1. The van der Waals surface area contributed by atoms with E-state index in [0.29, 0.717) is 32.8 Å². The number of ether oxygens (including phenoxy) is 1. The zero-order valence-corrected chi connectivity index (χ0v) is 15.7. The average molecular weight is 391 g/mol. The molecule has 3 aromatic rings. The van der Waals surface area contributed by atoms with Crippen molar-refractivity contribution >= 4 is 34.8 Å². The van der Waals surface area contributed by atoms with Crippen LogP contribution in [0.5, 0.6) is 5.75 Å². The fraction of sp³-hybridized carbons (Fsp3) is 0.158. The molecule has 1 amide bonds. The third-order valence-corrected chi connectivity index (χ3v) is 4.40. The van der Waals surface area contributed by atoms with E-state index in [1.165, 1.54) is 0 Å². The highest BCUT2D eigenvalue weighted by Crippen LogP contribution is 2.26. The third-order valence-electron chi connectivity index (χ3n) is 3.86. The van der Waals surface area contributed by atoms with Crippen molar-refractivity contribution in [3.63, 3.8) is 0 Å². The lowest BCUT2D eigenvalue weighted by atomic mass is 10.1. The Morgan fingerprint density at radius 1 is 1.19 bits per heavy atom. The lowest BCUT2D eigenvalue weighted by Crippen LogP contribution is -2.16. The highest BCUT2D eigenvalue weighted by molar-refractivity contribution is 6.32. The number of hydrogen-bond donors (Lipinski definition) is 1. The number of aryl methyl sites for hydroxylation is 2. The number of carbonyl (C=O) groups is 1. The summed E-state index contributed by atoms with van der Waals surface area (Å²) < 4.78 is 10.9. The number of nitrogens with zero attached hydrogens (tertiary/aromatic N) is 1. The number of amides is 1. The molecule has 0 aliphatic rings. The zero-order chi connectivity index (χ0) is 18.7. The summed E-state index contributed by atoms with van der Waals surface area (Å²) in [6, 6.07) is 12.4. The lowest BCUT2D eigenvalue weighted by Gasteiger charge is -2.10. The molecule has 5 nitrogen and oxygen atoms in total. The van der Waals surface area contributed by atoms with Crippen LogP contribution in [0.3, 0.4) is 0 Å². The van der Waals surface area contributed by atoms with Crippen molar-refractivity contribution in [3.05, 3.63) is 75.1 Å². The van der Waals surface area contributed by atoms with E-state index < -0.39 is 5.91 Å². The quantitative estimate of drug-likeness (QED) is 0.630. The second-order valence-electron chi connectivity index (χ2n) is 5.70. The number of rotatable bonds is 5. The SMILES string of the molecule is Cc1ccc(Cl)cc1NC(=O)c1noc(C)c1COc1ccccc1Cl. The van der Waals surface area contributed by atoms with Crippen LogP contribution in [0.15, 0.2) is 47.0 Å². The Balaban J connectivity index is 1.79. The highest BCUT2D eigenvalue weighted by Gasteiger charge is 2.21. The van der Waals surface area contributed by atoms with Gasteiger partial charge in [-0.25, -0.2) is 0 Å². The number of hydrogen-bond acceptors (Lipinski definition) is 4. The van der Waals surface area contributed by atoms with Crippen LogP contribution in [-0.4, -0.2) is 11.1 Å². The fourth-order valence-electron chi connectivity index (χ4n) is 2.36. The van der Waals surface area contributed by atoms with Gasteiger partial charge >= 0.3 is 0 Å². The van der Waals surface area contributed by atoms with Crippen molar-refractivity contribution in [2.75, 3.05) is 5.32 Å². The summed E-state index contributed by atoms with van der Waals surface area (Å²) in [5, 5.41) is 7.69. The molecule has 1 heterocycles. The van der Waals surface area contributed by atoms with E-state index in [0.717, 1.165) is 5.56 Å². The van der Waals surface area contributed by atoms with Crippen LogP contribution in [0.4, 0.5) is 5.69 Å². The monoisotopic (exact) mass is 390 g/mol. The van der Waals surface area contributed by atoms with Gasteiger partial charge in [-0.2, -0.15) is 0 Å². The van der Waals surface area contributed by atoms with Gasteiger partial charge in [-0.15, -0.1) is 0 Å². The summed E-state index contributed by atoms with van der Waals surface area (Å²) in [7, 11) is 0. The smallest absolute Gasteiger partial charge is 0.278 e. The number of carbonyl (C=O) groups excluding carboxylic acids is 1. The van der Waals surface area contributed by atoms with Gasteiger partial charge in [-0.05, 0) is 43.7 Å². The minimum atomic E-state index is -0.398. The first-order valence-electron chi connectivity index (χ1n) is 7.85. The molecule has 0 unspecified atom stereocenters. The molecule has 0 fully saturated rings. The van der Waals surface area contributed by atoms with E-state index in [-0.39, 0.29) is 12.3 Å². The number of anilines is 1. The molecule has 0 radical (unpaired) electrons. The van der Waals surface area contributed by atoms with Gasteiger partial charge in [0.05, 0.1) is 10.6 Å². The van der Waals surface area contributed by atoms with Crippen LogP contribution >= 0.6 is 23.2 Å². The normalized spacial score (nSPS) is 10.6. The first-order chi connectivity index (χ1) is 12.5. The summed E-state index contributed by atoms with van der Waals surface area (Å²) in [6.07, 6.45) is 0. The summed E-state index contributed by atoms with van der Waals surface area (Å²) in [6.45, 7) is 3.71. The van der Waals surface area contributed by atoms with Crippen LogP contribution in [0.1, 0.15) is 27.4 Å². The largest absolute Gasteiger partial charge is 0.487 e. The molecule has 2 aromatic carbocycles. The van der Waals surface area contributed by atoms with Gasteiger partial charge < -0.3 is 14.6 Å². The first-order valence-corrected chi connectivity index (χ1v) is 8.61. The van der Waals surface area contributed by atoms with Gasteiger partial charge in [0.1, 0.15) is 18.1 Å². The van der Waals surface area contributed by atoms with Gasteiger partial charge in [0.15, 0.2) is 5.69 Å². The maximum atomic E-state index is 12.6. The Hall–Kier alpha value is -2.50. The molecular formula is C19H16Cl2N2O3. The number of halogens is 2. The molecule has 3 rings (SSSR count). The predicted molar refractivity (Wildman–Crippen MR) is 101 cm³/mol. The predicted octanol–water partition coefficient (Wildman–Crippen LogP) is 5.43. The van der Waals surface area contributed by atoms with Crippen molar-refractivity contribution in [1.82, 2.24) is 5.16 Å². The van der Waals surface area contributed by atoms with Crippen molar-refractivity contribution < 1.29 is 14.1 Å². The van der Waals surface area contributed by atoms with Gasteiger partial charge in [-0.3, -0.25) is 4.79 Å². The molecule has 1 aromatic heterocycles. The number of para-hydroxylation sites is 1. The van der Waals surface area contributed by atoms with Crippen molar-refractivity contribution in [1.29, 1.82) is 0 Å². The summed E-state index contributed by atoms with van der Waals surface area (Å²) >= 11 is 12.1. The summed E-state index contributed by atoms with van der Waals surface area (Å²) in [5.41, 5.74) is 2.22. The molecule has 7 heteroatoms. The molecule has 0 spiro atoms. The molecule has 0 saturated heterocycles. The topological polar surface area (TPSA) is 64.4 Å². The molecule has 26 heavy (non-hydrogen) atoms. The highest BCUT2D eigenvalue weighted by atomic mass is 35.5. The van der Waals surface area contributed by atoms with Gasteiger partial charge in [0, 0.05) is 10.7 Å². The van der Waals surface area contributed by atoms with Crippen molar-refractivity contribution in [3.8, 4) is 5.75 Å². The molecule has 0 aliphatic carbocycles. The van der Waals surface area contributed by atoms with Gasteiger partial charge in [0.2, 0.25) is 0 Å². The molecular weight excluding hydrogens is 375 g/mol. The van der Waals surface area contributed by atoms with Crippen LogP contribution in [0, 0.1) is 13.8 Å².